The molecule has 0 radical (unpaired) electrons. The summed E-state index contributed by atoms with van der Waals surface area (Å²) in [4.78, 5) is 0. The molecule has 0 aromatic heterocycles. The van der Waals surface area contributed by atoms with Gasteiger partial charge in [-0.3, -0.25) is 5.41 Å². The molecule has 0 aliphatic heterocycles. The van der Waals surface area contributed by atoms with Gasteiger partial charge in [-0.1, -0.05) is 47.7 Å². The van der Waals surface area contributed by atoms with Crippen LogP contribution < -0.4 is 11.2 Å². The molecule has 0 aliphatic rings. The van der Waals surface area contributed by atoms with Gasteiger partial charge in [0.2, 0.25) is 0 Å². The van der Waals surface area contributed by atoms with Crippen molar-refractivity contribution in [3.63, 3.8) is 0 Å². The van der Waals surface area contributed by atoms with Gasteiger partial charge in [-0.25, -0.2) is 0 Å². The second-order valence-electron chi connectivity index (χ2n) is 5.13. The topological polar surface area (TPSA) is 86.6 Å². The summed E-state index contributed by atoms with van der Waals surface area (Å²) in [6.45, 7) is 0.737. The molecule has 0 unspecified atom stereocenters. The molecule has 23 heavy (non-hydrogen) atoms. The number of nitrogens with two attached hydrogens (primary N) is 1. The number of fused-ring (bicyclic) bond motifs is 1. The van der Waals surface area contributed by atoms with E-state index < -0.39 is 0 Å². The molecular weight excluding hydrogens is 286 g/mol. The highest BCUT2D eigenvalue weighted by molar-refractivity contribution is 5.96. The lowest BCUT2D eigenvalue weighted by atomic mass is 10.0. The Kier molecular flexibility index (Phi) is 4.29. The number of hydrogen-bond donors (Lipinski definition) is 3. The molecule has 0 spiro atoms. The van der Waals surface area contributed by atoms with Crippen LogP contribution in [0.4, 0.5) is 5.69 Å². The molecule has 0 aliphatic carbocycles. The van der Waals surface area contributed by atoms with Gasteiger partial charge in [0.25, 0.3) is 0 Å². The first kappa shape index (κ1) is 14.7. The lowest BCUT2D eigenvalue weighted by Gasteiger charge is -2.10. The van der Waals surface area contributed by atoms with Gasteiger partial charge in [0, 0.05) is 17.8 Å². The molecule has 3 aromatic rings. The van der Waals surface area contributed by atoms with E-state index in [1.165, 1.54) is 16.3 Å². The Morgan fingerprint density at radius 1 is 0.957 bits per heavy atom. The standard InChI is InChI=1S/C18H17N5/c19-18(22-23-20)14-8-10-16(11-9-14)21-12-15-6-3-5-13-4-1-2-7-17(13)15/h1-11,21H,12H2,(H3,19,20,22). The van der Waals surface area contributed by atoms with E-state index in [1.807, 2.05) is 30.3 Å². The normalized spacial score (nSPS) is 11.0. The molecule has 5 heteroatoms. The molecule has 0 atom stereocenters. The fourth-order valence-corrected chi connectivity index (χ4v) is 2.51. The fraction of sp³-hybridized carbons (Fsp3) is 0.0556. The van der Waals surface area contributed by atoms with Gasteiger partial charge in [-0.05, 0) is 40.6 Å². The van der Waals surface area contributed by atoms with Crippen LogP contribution in [0.25, 0.3) is 10.8 Å². The largest absolute Gasteiger partial charge is 0.381 e. The number of amidine groups is 1. The van der Waals surface area contributed by atoms with Crippen molar-refractivity contribution in [2.24, 2.45) is 16.2 Å². The molecule has 5 nitrogen and oxygen atoms in total. The van der Waals surface area contributed by atoms with Crippen molar-refractivity contribution in [1.29, 1.82) is 5.41 Å². The van der Waals surface area contributed by atoms with E-state index >= 15 is 0 Å². The predicted molar refractivity (Wildman–Crippen MR) is 93.6 cm³/mol. The highest BCUT2D eigenvalue weighted by Crippen LogP contribution is 2.20. The second kappa shape index (κ2) is 6.70. The Balaban J connectivity index is 1.74. The molecule has 3 aromatic carbocycles. The zero-order chi connectivity index (χ0) is 16.1. The summed E-state index contributed by atoms with van der Waals surface area (Å²) in [6.07, 6.45) is 0. The molecule has 3 rings (SSSR count). The summed E-state index contributed by atoms with van der Waals surface area (Å²) in [7, 11) is 0. The van der Waals surface area contributed by atoms with Crippen LogP contribution in [0.3, 0.4) is 0 Å². The van der Waals surface area contributed by atoms with Crippen molar-refractivity contribution in [2.75, 3.05) is 5.32 Å². The van der Waals surface area contributed by atoms with E-state index in [0.29, 0.717) is 5.56 Å². The summed E-state index contributed by atoms with van der Waals surface area (Å²) < 4.78 is 0. The molecule has 114 valence electrons. The number of benzene rings is 3. The lowest BCUT2D eigenvalue weighted by molar-refractivity contribution is 1.07. The molecule has 0 bridgehead atoms. The summed E-state index contributed by atoms with van der Waals surface area (Å²) >= 11 is 0. The van der Waals surface area contributed by atoms with Crippen molar-refractivity contribution >= 4 is 22.3 Å². The van der Waals surface area contributed by atoms with Crippen LogP contribution in [-0.2, 0) is 6.54 Å². The van der Waals surface area contributed by atoms with Gasteiger partial charge in [-0.2, -0.15) is 0 Å². The van der Waals surface area contributed by atoms with Crippen LogP contribution >= 0.6 is 0 Å². The Bertz CT molecular complexity index is 847. The van der Waals surface area contributed by atoms with Crippen LogP contribution in [0.15, 0.2) is 77.1 Å². The highest BCUT2D eigenvalue weighted by Gasteiger charge is 2.02. The van der Waals surface area contributed by atoms with Crippen molar-refractivity contribution in [3.05, 3.63) is 77.9 Å². The van der Waals surface area contributed by atoms with E-state index in [0.717, 1.165) is 12.2 Å². The smallest absolute Gasteiger partial charge is 0.176 e. The summed E-state index contributed by atoms with van der Waals surface area (Å²) in [5, 5.41) is 20.2. The maximum atomic E-state index is 7.67. The Morgan fingerprint density at radius 3 is 2.48 bits per heavy atom. The summed E-state index contributed by atoms with van der Waals surface area (Å²) in [5.74, 6) is 5.01. The van der Waals surface area contributed by atoms with Crippen LogP contribution in [0.5, 0.6) is 0 Å². The third-order valence-corrected chi connectivity index (χ3v) is 3.68. The Hall–Kier alpha value is -3.21. The van der Waals surface area contributed by atoms with E-state index in [1.54, 1.807) is 0 Å². The van der Waals surface area contributed by atoms with Crippen molar-refractivity contribution in [3.8, 4) is 0 Å². The first-order valence-corrected chi connectivity index (χ1v) is 7.28. The zero-order valence-electron chi connectivity index (χ0n) is 12.5. The number of hydrogen-bond acceptors (Lipinski definition) is 3. The average molecular weight is 303 g/mol. The Morgan fingerprint density at radius 2 is 1.70 bits per heavy atom. The maximum absolute atomic E-state index is 7.67. The molecule has 0 heterocycles. The van der Waals surface area contributed by atoms with E-state index in [2.05, 4.69) is 52.1 Å². The quantitative estimate of drug-likeness (QED) is 0.223. The van der Waals surface area contributed by atoms with Crippen LogP contribution in [0, 0.1) is 5.41 Å². The Labute approximate surface area is 134 Å². The molecule has 0 saturated carbocycles. The van der Waals surface area contributed by atoms with Crippen LogP contribution in [0.1, 0.15) is 11.1 Å². The van der Waals surface area contributed by atoms with Gasteiger partial charge in [0.1, 0.15) is 0 Å². The number of rotatable bonds is 4. The van der Waals surface area contributed by atoms with E-state index in [9.17, 15) is 0 Å². The minimum Gasteiger partial charge on any atom is -0.381 e. The number of nitrogens with one attached hydrogen (secondary N) is 2. The first-order chi connectivity index (χ1) is 11.3. The van der Waals surface area contributed by atoms with Gasteiger partial charge < -0.3 is 11.2 Å². The second-order valence-corrected chi connectivity index (χ2v) is 5.13. The van der Waals surface area contributed by atoms with Crippen molar-refractivity contribution in [1.82, 2.24) is 0 Å². The number of nitrogens with zero attached hydrogens (tertiary/aromatic N) is 2. The molecule has 0 fully saturated rings. The molecule has 0 saturated heterocycles. The average Bonchev–Trinajstić information content (AvgIpc) is 2.60. The SMILES string of the molecule is N=C(N=NN)c1ccc(NCc2cccc3ccccc23)cc1. The minimum atomic E-state index is 0.0492. The molecule has 0 amide bonds. The van der Waals surface area contributed by atoms with Crippen molar-refractivity contribution < 1.29 is 0 Å². The summed E-state index contributed by atoms with van der Waals surface area (Å²) in [6, 6.07) is 22.1. The maximum Gasteiger partial charge on any atom is 0.176 e. The van der Waals surface area contributed by atoms with Crippen molar-refractivity contribution in [2.45, 2.75) is 6.54 Å². The third kappa shape index (κ3) is 3.35. The molecular formula is C18H17N5. The highest BCUT2D eigenvalue weighted by atomic mass is 15.3. The predicted octanol–water partition coefficient (Wildman–Crippen LogP) is 4.10. The first-order valence-electron chi connectivity index (χ1n) is 7.28. The van der Waals surface area contributed by atoms with Gasteiger partial charge in [0.05, 0.1) is 0 Å². The van der Waals surface area contributed by atoms with Gasteiger partial charge in [0.15, 0.2) is 5.84 Å². The third-order valence-electron chi connectivity index (χ3n) is 3.68. The van der Waals surface area contributed by atoms with Gasteiger partial charge >= 0.3 is 0 Å². The monoisotopic (exact) mass is 303 g/mol. The minimum absolute atomic E-state index is 0.0492. The lowest BCUT2D eigenvalue weighted by Crippen LogP contribution is -2.01. The summed E-state index contributed by atoms with van der Waals surface area (Å²) in [5.41, 5.74) is 2.91. The fourth-order valence-electron chi connectivity index (χ4n) is 2.51. The zero-order valence-corrected chi connectivity index (χ0v) is 12.5. The number of anilines is 1. The molecule has 4 N–H and O–H groups in total. The van der Waals surface area contributed by atoms with E-state index in [-0.39, 0.29) is 5.84 Å². The van der Waals surface area contributed by atoms with Gasteiger partial charge in [-0.15, -0.1) is 5.11 Å². The van der Waals surface area contributed by atoms with Crippen LogP contribution in [-0.4, -0.2) is 5.84 Å². The van der Waals surface area contributed by atoms with Crippen LogP contribution in [0.2, 0.25) is 0 Å². The van der Waals surface area contributed by atoms with E-state index in [4.69, 9.17) is 11.3 Å².